The first-order valence-corrected chi connectivity index (χ1v) is 6.62. The van der Waals surface area contributed by atoms with Gasteiger partial charge in [0.25, 0.3) is 0 Å². The second-order valence-corrected chi connectivity index (χ2v) is 6.15. The third kappa shape index (κ3) is 2.99. The molecule has 0 aromatic carbocycles. The van der Waals surface area contributed by atoms with Crippen LogP contribution in [-0.4, -0.2) is 43.2 Å². The van der Waals surface area contributed by atoms with Gasteiger partial charge >= 0.3 is 0 Å². The smallest absolute Gasteiger partial charge is 0.239 e. The minimum absolute atomic E-state index is 0.141. The molecule has 4 heteroatoms. The maximum Gasteiger partial charge on any atom is 0.239 e. The Morgan fingerprint density at radius 2 is 2.06 bits per heavy atom. The lowest BCUT2D eigenvalue weighted by Crippen LogP contribution is -2.48. The Hall–Kier alpha value is -0.610. The molecule has 17 heavy (non-hydrogen) atoms. The van der Waals surface area contributed by atoms with Crippen LogP contribution in [0.15, 0.2) is 0 Å². The van der Waals surface area contributed by atoms with Crippen molar-refractivity contribution in [1.82, 2.24) is 4.90 Å². The van der Waals surface area contributed by atoms with Gasteiger partial charge in [0.2, 0.25) is 5.91 Å². The van der Waals surface area contributed by atoms with Crippen LogP contribution >= 0.6 is 0 Å². The second kappa shape index (κ2) is 4.94. The van der Waals surface area contributed by atoms with E-state index in [1.165, 1.54) is 0 Å². The lowest BCUT2D eigenvalue weighted by molar-refractivity contribution is -0.134. The molecule has 98 valence electrons. The Balaban J connectivity index is 1.90. The number of amides is 1. The molecule has 0 radical (unpaired) electrons. The van der Waals surface area contributed by atoms with Crippen molar-refractivity contribution in [2.45, 2.75) is 39.2 Å². The molecule has 0 saturated carbocycles. The van der Waals surface area contributed by atoms with Crippen molar-refractivity contribution in [3.8, 4) is 0 Å². The van der Waals surface area contributed by atoms with Gasteiger partial charge in [-0.3, -0.25) is 4.79 Å². The molecule has 1 amide bonds. The fraction of sp³-hybridized carbons (Fsp3) is 0.923. The fourth-order valence-electron chi connectivity index (χ4n) is 2.79. The van der Waals surface area contributed by atoms with E-state index in [2.05, 4.69) is 13.8 Å². The van der Waals surface area contributed by atoms with Crippen LogP contribution in [0.4, 0.5) is 0 Å². The van der Waals surface area contributed by atoms with Crippen LogP contribution in [0, 0.1) is 11.3 Å². The van der Waals surface area contributed by atoms with Crippen molar-refractivity contribution in [1.29, 1.82) is 0 Å². The average molecular weight is 240 g/mol. The SMILES string of the molecule is CC1(C)CCN(C(=O)C(N)C2CCOCC2)C1. The third-order valence-corrected chi connectivity index (χ3v) is 4.05. The van der Waals surface area contributed by atoms with Crippen molar-refractivity contribution < 1.29 is 9.53 Å². The van der Waals surface area contributed by atoms with Gasteiger partial charge < -0.3 is 15.4 Å². The molecule has 0 bridgehead atoms. The minimum atomic E-state index is -0.326. The van der Waals surface area contributed by atoms with E-state index in [-0.39, 0.29) is 17.4 Å². The van der Waals surface area contributed by atoms with Gasteiger partial charge in [0, 0.05) is 26.3 Å². The van der Waals surface area contributed by atoms with Crippen LogP contribution in [0.2, 0.25) is 0 Å². The number of nitrogens with two attached hydrogens (primary N) is 1. The zero-order chi connectivity index (χ0) is 12.5. The quantitative estimate of drug-likeness (QED) is 0.783. The highest BCUT2D eigenvalue weighted by Gasteiger charge is 2.36. The summed E-state index contributed by atoms with van der Waals surface area (Å²) in [6, 6.07) is -0.326. The number of hydrogen-bond acceptors (Lipinski definition) is 3. The van der Waals surface area contributed by atoms with Crippen molar-refractivity contribution in [3.05, 3.63) is 0 Å². The largest absolute Gasteiger partial charge is 0.381 e. The summed E-state index contributed by atoms with van der Waals surface area (Å²) < 4.78 is 5.31. The van der Waals surface area contributed by atoms with Crippen LogP contribution in [0.25, 0.3) is 0 Å². The molecular weight excluding hydrogens is 216 g/mol. The predicted octanol–water partition coefficient (Wildman–Crippen LogP) is 0.999. The number of hydrogen-bond donors (Lipinski definition) is 1. The topological polar surface area (TPSA) is 55.6 Å². The normalized spacial score (nSPS) is 27.1. The van der Waals surface area contributed by atoms with E-state index in [9.17, 15) is 4.79 Å². The van der Waals surface area contributed by atoms with Crippen molar-refractivity contribution in [2.24, 2.45) is 17.1 Å². The Morgan fingerprint density at radius 1 is 1.41 bits per heavy atom. The van der Waals surface area contributed by atoms with Gasteiger partial charge in [0.1, 0.15) is 0 Å². The van der Waals surface area contributed by atoms with Gasteiger partial charge in [-0.2, -0.15) is 0 Å². The Labute approximate surface area is 103 Å². The van der Waals surface area contributed by atoms with E-state index in [1.54, 1.807) is 0 Å². The molecule has 1 unspecified atom stereocenters. The van der Waals surface area contributed by atoms with Crippen LogP contribution in [0.3, 0.4) is 0 Å². The minimum Gasteiger partial charge on any atom is -0.381 e. The van der Waals surface area contributed by atoms with Gasteiger partial charge in [-0.05, 0) is 30.6 Å². The molecule has 2 aliphatic heterocycles. The molecule has 2 fully saturated rings. The van der Waals surface area contributed by atoms with Crippen LogP contribution in [0.1, 0.15) is 33.1 Å². The van der Waals surface area contributed by atoms with Crippen LogP contribution in [-0.2, 0) is 9.53 Å². The van der Waals surface area contributed by atoms with E-state index >= 15 is 0 Å². The Bertz CT molecular complexity index is 285. The van der Waals surface area contributed by atoms with Gasteiger partial charge in [0.05, 0.1) is 6.04 Å². The Morgan fingerprint density at radius 3 is 2.59 bits per heavy atom. The fourth-order valence-corrected chi connectivity index (χ4v) is 2.79. The number of ether oxygens (including phenoxy) is 1. The first-order valence-electron chi connectivity index (χ1n) is 6.62. The van der Waals surface area contributed by atoms with E-state index in [0.29, 0.717) is 5.92 Å². The van der Waals surface area contributed by atoms with E-state index < -0.39 is 0 Å². The lowest BCUT2D eigenvalue weighted by Gasteiger charge is -2.30. The van der Waals surface area contributed by atoms with Gasteiger partial charge in [-0.15, -0.1) is 0 Å². The summed E-state index contributed by atoms with van der Waals surface area (Å²) in [5.41, 5.74) is 6.37. The monoisotopic (exact) mass is 240 g/mol. The number of carbonyl (C=O) groups is 1. The van der Waals surface area contributed by atoms with Gasteiger partial charge in [0.15, 0.2) is 0 Å². The summed E-state index contributed by atoms with van der Waals surface area (Å²) in [6.45, 7) is 7.63. The summed E-state index contributed by atoms with van der Waals surface area (Å²) in [6.07, 6.45) is 2.92. The van der Waals surface area contributed by atoms with E-state index in [1.807, 2.05) is 4.90 Å². The summed E-state index contributed by atoms with van der Waals surface area (Å²) in [7, 11) is 0. The molecule has 0 aliphatic carbocycles. The van der Waals surface area contributed by atoms with Crippen LogP contribution in [0.5, 0.6) is 0 Å². The highest BCUT2D eigenvalue weighted by molar-refractivity contribution is 5.82. The van der Waals surface area contributed by atoms with Gasteiger partial charge in [-0.25, -0.2) is 0 Å². The molecule has 2 heterocycles. The molecule has 4 nitrogen and oxygen atoms in total. The first-order chi connectivity index (χ1) is 7.99. The maximum absolute atomic E-state index is 12.3. The molecule has 0 aromatic heterocycles. The van der Waals surface area contributed by atoms with Crippen molar-refractivity contribution in [3.63, 3.8) is 0 Å². The average Bonchev–Trinajstić information content (AvgIpc) is 2.69. The van der Waals surface area contributed by atoms with E-state index in [4.69, 9.17) is 10.5 Å². The number of rotatable bonds is 2. The number of likely N-dealkylation sites (tertiary alicyclic amines) is 1. The summed E-state index contributed by atoms with van der Waals surface area (Å²) in [5.74, 6) is 0.447. The molecule has 0 aromatic rings. The maximum atomic E-state index is 12.3. The molecule has 1 atom stereocenters. The summed E-state index contributed by atoms with van der Waals surface area (Å²) in [5, 5.41) is 0. The second-order valence-electron chi connectivity index (χ2n) is 6.15. The molecule has 2 N–H and O–H groups in total. The van der Waals surface area contributed by atoms with Gasteiger partial charge in [-0.1, -0.05) is 13.8 Å². The number of carbonyl (C=O) groups excluding carboxylic acids is 1. The Kier molecular flexibility index (Phi) is 3.73. The zero-order valence-electron chi connectivity index (χ0n) is 10.9. The van der Waals surface area contributed by atoms with Crippen LogP contribution < -0.4 is 5.73 Å². The molecular formula is C13H24N2O2. The molecule has 2 aliphatic rings. The third-order valence-electron chi connectivity index (χ3n) is 4.05. The van der Waals surface area contributed by atoms with E-state index in [0.717, 1.165) is 45.6 Å². The summed E-state index contributed by atoms with van der Waals surface area (Å²) >= 11 is 0. The lowest BCUT2D eigenvalue weighted by atomic mass is 9.91. The molecule has 2 rings (SSSR count). The van der Waals surface area contributed by atoms with Crippen molar-refractivity contribution in [2.75, 3.05) is 26.3 Å². The van der Waals surface area contributed by atoms with Crippen molar-refractivity contribution >= 4 is 5.91 Å². The predicted molar refractivity (Wildman–Crippen MR) is 66.5 cm³/mol. The summed E-state index contributed by atoms with van der Waals surface area (Å²) in [4.78, 5) is 14.2. The standard InChI is InChI=1S/C13H24N2O2/c1-13(2)5-6-15(9-13)12(16)11(14)10-3-7-17-8-4-10/h10-11H,3-9,14H2,1-2H3. The first kappa shape index (κ1) is 12.8. The molecule has 2 saturated heterocycles. The molecule has 0 spiro atoms. The highest BCUT2D eigenvalue weighted by atomic mass is 16.5. The zero-order valence-corrected chi connectivity index (χ0v) is 10.9. The number of nitrogens with zero attached hydrogens (tertiary/aromatic N) is 1. The highest BCUT2D eigenvalue weighted by Crippen LogP contribution is 2.30.